The number of fused-ring (bicyclic) bond motifs is 6. The van der Waals surface area contributed by atoms with E-state index in [-0.39, 0.29) is 89.0 Å². The molecule has 0 aromatic rings. The van der Waals surface area contributed by atoms with Crippen LogP contribution in [0.25, 0.3) is 0 Å². The Bertz CT molecular complexity index is 2000. The van der Waals surface area contributed by atoms with Crippen molar-refractivity contribution in [2.45, 2.75) is 163 Å². The van der Waals surface area contributed by atoms with Crippen LogP contribution < -0.4 is 0 Å². The third kappa shape index (κ3) is 16.3. The molecule has 0 N–H and O–H groups in total. The predicted molar refractivity (Wildman–Crippen MR) is 249 cm³/mol. The van der Waals surface area contributed by atoms with Gasteiger partial charge in [0.2, 0.25) is 6.10 Å². The lowest BCUT2D eigenvalue weighted by atomic mass is 9.67. The highest BCUT2D eigenvalue weighted by atomic mass is 16.6. The zero-order valence-corrected chi connectivity index (χ0v) is 42.0. The molecule has 0 aromatic heterocycles. The van der Waals surface area contributed by atoms with E-state index in [9.17, 15) is 38.4 Å². The fraction of sp³-hybridized carbons (Fsp3) is 0.654. The lowest BCUT2D eigenvalue weighted by Gasteiger charge is -2.41. The fourth-order valence-corrected chi connectivity index (χ4v) is 8.90. The van der Waals surface area contributed by atoms with Gasteiger partial charge in [0.1, 0.15) is 29.5 Å². The Morgan fingerprint density at radius 3 is 1.63 bits per heavy atom. The summed E-state index contributed by atoms with van der Waals surface area (Å²) in [5.74, 6) is -0.701. The Labute approximate surface area is 401 Å². The molecule has 11 atom stereocenters. The van der Waals surface area contributed by atoms with Crippen LogP contribution >= 0.6 is 0 Å². The quantitative estimate of drug-likeness (QED) is 0.116. The maximum absolute atomic E-state index is 11.8. The molecule has 16 nitrogen and oxygen atoms in total. The minimum atomic E-state index is -0.728. The van der Waals surface area contributed by atoms with E-state index in [0.29, 0.717) is 59.7 Å². The van der Waals surface area contributed by atoms with Crippen LogP contribution in [-0.4, -0.2) is 96.6 Å². The molecule has 0 radical (unpaired) electrons. The Balaban J connectivity index is 0.000000231. The second kappa shape index (κ2) is 24.1. The fourth-order valence-electron chi connectivity index (χ4n) is 8.90. The van der Waals surface area contributed by atoms with E-state index < -0.39 is 23.6 Å². The van der Waals surface area contributed by atoms with Crippen LogP contribution in [0.4, 0.5) is 0 Å². The molecule has 0 spiro atoms. The molecule has 11 unspecified atom stereocenters. The van der Waals surface area contributed by atoms with Crippen molar-refractivity contribution >= 4 is 47.8 Å². The van der Waals surface area contributed by atoms with E-state index in [1.807, 2.05) is 41.5 Å². The summed E-state index contributed by atoms with van der Waals surface area (Å²) in [7, 11) is 0. The SMILES string of the molecule is C=C(C)C(=O)OC(C)(C)C.C=C(C)C(=O)OC(C)(C)CC.C=C(C)C(=O)OC1C2CC3CC(C2)C(=O)OC1C3.C=C(C)C(=O)OC1CC2CC1C1C(=O)OCC21.C=C(C)C(=O)OC1CCOC1=O. The Kier molecular flexibility index (Phi) is 20.2. The third-order valence-electron chi connectivity index (χ3n) is 12.6. The Morgan fingerprint density at radius 1 is 0.588 bits per heavy atom. The van der Waals surface area contributed by atoms with Crippen molar-refractivity contribution in [3.05, 3.63) is 60.8 Å². The number of rotatable bonds is 10. The van der Waals surface area contributed by atoms with E-state index in [1.165, 1.54) is 6.92 Å². The zero-order valence-electron chi connectivity index (χ0n) is 42.0. The van der Waals surface area contributed by atoms with Gasteiger partial charge >= 0.3 is 47.8 Å². The first-order valence-corrected chi connectivity index (χ1v) is 23.4. The molecule has 0 aromatic carbocycles. The van der Waals surface area contributed by atoms with E-state index in [1.54, 1.807) is 27.7 Å². The molecule has 378 valence electrons. The summed E-state index contributed by atoms with van der Waals surface area (Å²) in [4.78, 5) is 90.2. The van der Waals surface area contributed by atoms with Crippen molar-refractivity contribution in [2.75, 3.05) is 13.2 Å². The van der Waals surface area contributed by atoms with Crippen LogP contribution in [0.1, 0.15) is 128 Å². The van der Waals surface area contributed by atoms with Crippen molar-refractivity contribution in [1.82, 2.24) is 0 Å². The van der Waals surface area contributed by atoms with Crippen molar-refractivity contribution in [3.63, 3.8) is 0 Å². The third-order valence-corrected chi connectivity index (χ3v) is 12.6. The van der Waals surface area contributed by atoms with Gasteiger partial charge in [-0.2, -0.15) is 0 Å². The Hall–Kier alpha value is -5.54. The molecule has 8 rings (SSSR count). The lowest BCUT2D eigenvalue weighted by molar-refractivity contribution is -0.169. The molecule has 8 aliphatic rings. The first kappa shape index (κ1) is 56.8. The molecule has 4 saturated heterocycles. The van der Waals surface area contributed by atoms with Gasteiger partial charge in [0.15, 0.2) is 0 Å². The molecule has 0 amide bonds. The standard InChI is InChI=1S/C14H18O4.C13H16O4.C9H16O2.C8H10O4.C8H14O2/c1-7(2)13(15)18-12-9-3-8-4-10(6-9)14(16)17-11(12)5-8;1-6(2)12(14)17-10-4-7-3-8(10)11-9(7)5-16-13(11)15;1-6-9(4,5)11-8(10)7(2)3;1-5(2)7(9)12-6-3-4-11-8(6)10;1-6(2)7(9)10-8(3,4)5/h8-12H,1,3-6H2,2H3;7-11H,1,3-5H2,2H3;2,6H2,1,3-5H3;6H,1,3-4H2,2H3;1H2,2-5H3. The van der Waals surface area contributed by atoms with Gasteiger partial charge in [-0.15, -0.1) is 0 Å². The average Bonchev–Trinajstić information content (AvgIpc) is 4.01. The largest absolute Gasteiger partial charge is 0.465 e. The van der Waals surface area contributed by atoms with Gasteiger partial charge < -0.3 is 37.9 Å². The molecular formula is C52H74O16. The van der Waals surface area contributed by atoms with E-state index in [4.69, 9.17) is 33.2 Å². The highest BCUT2D eigenvalue weighted by Crippen LogP contribution is 2.56. The molecular weight excluding hydrogens is 881 g/mol. The van der Waals surface area contributed by atoms with Crippen LogP contribution in [-0.2, 0) is 76.3 Å². The van der Waals surface area contributed by atoms with Crippen LogP contribution in [0.2, 0.25) is 0 Å². The zero-order chi connectivity index (χ0) is 51.6. The number of hydrogen-bond donors (Lipinski definition) is 0. The number of ether oxygens (including phenoxy) is 8. The Morgan fingerprint density at radius 2 is 1.13 bits per heavy atom. The van der Waals surface area contributed by atoms with E-state index in [0.717, 1.165) is 44.9 Å². The summed E-state index contributed by atoms with van der Waals surface area (Å²) in [6.07, 6.45) is 5.43. The summed E-state index contributed by atoms with van der Waals surface area (Å²) in [6, 6.07) is 0. The highest BCUT2D eigenvalue weighted by Gasteiger charge is 2.60. The van der Waals surface area contributed by atoms with Gasteiger partial charge in [-0.3, -0.25) is 9.59 Å². The van der Waals surface area contributed by atoms with Crippen molar-refractivity contribution < 1.29 is 76.3 Å². The lowest BCUT2D eigenvalue weighted by Crippen LogP contribution is -2.45. The molecule has 8 fully saturated rings. The molecule has 68 heavy (non-hydrogen) atoms. The predicted octanol–water partition coefficient (Wildman–Crippen LogP) is 7.76. The van der Waals surface area contributed by atoms with Crippen molar-refractivity contribution in [1.29, 1.82) is 0 Å². The van der Waals surface area contributed by atoms with Gasteiger partial charge in [-0.25, -0.2) is 28.8 Å². The summed E-state index contributed by atoms with van der Waals surface area (Å²) in [5, 5.41) is 0. The maximum atomic E-state index is 11.8. The summed E-state index contributed by atoms with van der Waals surface area (Å²) < 4.78 is 40.9. The van der Waals surface area contributed by atoms with Crippen LogP contribution in [0.5, 0.6) is 0 Å². The molecule has 4 aliphatic carbocycles. The van der Waals surface area contributed by atoms with Gasteiger partial charge in [-0.1, -0.05) is 39.8 Å². The monoisotopic (exact) mass is 954 g/mol. The number of esters is 8. The summed E-state index contributed by atoms with van der Waals surface area (Å²) in [5.41, 5.74) is 1.22. The number of carbonyl (C=O) groups excluding carboxylic acids is 8. The molecule has 4 heterocycles. The smallest absolute Gasteiger partial charge is 0.347 e. The molecule has 4 saturated carbocycles. The van der Waals surface area contributed by atoms with Crippen LogP contribution in [0, 0.1) is 41.4 Å². The van der Waals surface area contributed by atoms with Gasteiger partial charge in [0.25, 0.3) is 0 Å². The van der Waals surface area contributed by atoms with E-state index >= 15 is 0 Å². The van der Waals surface area contributed by atoms with Crippen molar-refractivity contribution in [3.8, 4) is 0 Å². The second-order valence-electron chi connectivity index (χ2n) is 20.5. The first-order valence-electron chi connectivity index (χ1n) is 23.4. The first-order chi connectivity index (χ1) is 31.4. The van der Waals surface area contributed by atoms with Crippen LogP contribution in [0.3, 0.4) is 0 Å². The number of cyclic esters (lactones) is 2. The average molecular weight is 955 g/mol. The topological polar surface area (TPSA) is 210 Å². The van der Waals surface area contributed by atoms with Gasteiger partial charge in [0.05, 0.1) is 25.0 Å². The summed E-state index contributed by atoms with van der Waals surface area (Å²) in [6.45, 7) is 37.7. The van der Waals surface area contributed by atoms with Crippen molar-refractivity contribution in [2.24, 2.45) is 41.4 Å². The molecule has 16 heteroatoms. The van der Waals surface area contributed by atoms with Gasteiger partial charge in [-0.05, 0) is 126 Å². The molecule has 6 bridgehead atoms. The number of hydrogen-bond acceptors (Lipinski definition) is 16. The second-order valence-corrected chi connectivity index (χ2v) is 20.5. The summed E-state index contributed by atoms with van der Waals surface area (Å²) >= 11 is 0. The number of carbonyl (C=O) groups is 8. The minimum Gasteiger partial charge on any atom is -0.465 e. The molecule has 4 aliphatic heterocycles. The maximum Gasteiger partial charge on any atom is 0.347 e. The highest BCUT2D eigenvalue weighted by molar-refractivity contribution is 5.90. The van der Waals surface area contributed by atoms with Gasteiger partial charge in [0, 0.05) is 52.0 Å². The van der Waals surface area contributed by atoms with Crippen LogP contribution in [0.15, 0.2) is 60.8 Å². The van der Waals surface area contributed by atoms with E-state index in [2.05, 4.69) is 37.6 Å². The minimum absolute atomic E-state index is 0.0206. The normalized spacial score (nSPS) is 28.6.